The van der Waals surface area contributed by atoms with E-state index >= 15 is 0 Å². The highest BCUT2D eigenvalue weighted by Gasteiger charge is 2.32. The van der Waals surface area contributed by atoms with Gasteiger partial charge in [0.1, 0.15) is 22.9 Å². The van der Waals surface area contributed by atoms with Crippen LogP contribution in [0, 0.1) is 0 Å². The fourth-order valence-electron chi connectivity index (χ4n) is 4.07. The van der Waals surface area contributed by atoms with Crippen LogP contribution in [0.5, 0.6) is 5.75 Å². The van der Waals surface area contributed by atoms with Crippen molar-refractivity contribution in [2.45, 2.75) is 43.4 Å². The summed E-state index contributed by atoms with van der Waals surface area (Å²) in [4.78, 5) is 13.9. The Morgan fingerprint density at radius 1 is 0.879 bits per heavy atom. The van der Waals surface area contributed by atoms with Crippen LogP contribution in [0.2, 0.25) is 0 Å². The Labute approximate surface area is 194 Å². The summed E-state index contributed by atoms with van der Waals surface area (Å²) >= 11 is 0. The number of alkyl halides is 3. The van der Waals surface area contributed by atoms with Gasteiger partial charge in [-0.1, -0.05) is 30.3 Å². The van der Waals surface area contributed by atoms with E-state index in [2.05, 4.69) is 12.1 Å². The lowest BCUT2D eigenvalue weighted by molar-refractivity contribution is -0.160. The summed E-state index contributed by atoms with van der Waals surface area (Å²) in [7, 11) is 0.254. The van der Waals surface area contributed by atoms with E-state index in [4.69, 9.17) is 9.47 Å². The molecule has 0 unspecified atom stereocenters. The molecule has 1 fully saturated rings. The number of fused-ring (bicyclic) bond motifs is 1. The van der Waals surface area contributed by atoms with Crippen molar-refractivity contribution in [1.29, 1.82) is 0 Å². The first kappa shape index (κ1) is 23.5. The van der Waals surface area contributed by atoms with Gasteiger partial charge in [0.05, 0.1) is 5.56 Å². The first-order valence-electron chi connectivity index (χ1n) is 10.9. The highest BCUT2D eigenvalue weighted by Crippen LogP contribution is 2.35. The summed E-state index contributed by atoms with van der Waals surface area (Å²) in [6, 6.07) is 16.7. The van der Waals surface area contributed by atoms with Gasteiger partial charge in [0.2, 0.25) is 0 Å². The van der Waals surface area contributed by atoms with Crippen LogP contribution in [0.4, 0.5) is 13.2 Å². The summed E-state index contributed by atoms with van der Waals surface area (Å²) in [5.74, 6) is 2.46. The Balaban J connectivity index is 1.45. The van der Waals surface area contributed by atoms with Gasteiger partial charge in [-0.2, -0.15) is 13.2 Å². The van der Waals surface area contributed by atoms with E-state index in [9.17, 15) is 18.0 Å². The zero-order valence-corrected chi connectivity index (χ0v) is 19.4. The number of hydrogen-bond acceptors (Lipinski definition) is 3. The summed E-state index contributed by atoms with van der Waals surface area (Å²) in [5, 5.41) is 2.11. The van der Waals surface area contributed by atoms with Crippen LogP contribution in [0.1, 0.15) is 37.8 Å². The molecule has 3 aromatic carbocycles. The average Bonchev–Trinajstić information content (AvgIpc) is 3.31. The molecule has 3 aromatic rings. The minimum Gasteiger partial charge on any atom is -0.481 e. The molecular weight excluding hydrogens is 449 g/mol. The van der Waals surface area contributed by atoms with Crippen LogP contribution in [0.3, 0.4) is 0 Å². The normalized spacial score (nSPS) is 15.1. The lowest BCUT2D eigenvalue weighted by Gasteiger charge is -2.26. The minimum absolute atomic E-state index is 0.254. The molecule has 0 spiro atoms. The Hall–Kier alpha value is -2.67. The molecule has 0 aromatic heterocycles. The first-order chi connectivity index (χ1) is 15.6. The molecule has 3 nitrogen and oxygen atoms in total. The van der Waals surface area contributed by atoms with Gasteiger partial charge < -0.3 is 9.47 Å². The lowest BCUT2D eigenvalue weighted by atomic mass is 9.97. The molecule has 0 radical (unpaired) electrons. The van der Waals surface area contributed by atoms with Crippen molar-refractivity contribution in [3.05, 3.63) is 71.8 Å². The lowest BCUT2D eigenvalue weighted by Crippen LogP contribution is -2.28. The van der Waals surface area contributed by atoms with Crippen LogP contribution < -0.4 is 4.74 Å². The molecule has 33 heavy (non-hydrogen) atoms. The molecule has 7 heteroatoms. The summed E-state index contributed by atoms with van der Waals surface area (Å²) in [6.45, 7) is 2.99. The Morgan fingerprint density at radius 3 is 2.12 bits per heavy atom. The maximum absolute atomic E-state index is 12.8. The maximum Gasteiger partial charge on any atom is 0.416 e. The fourth-order valence-corrected chi connectivity index (χ4v) is 6.56. The molecule has 1 aliphatic rings. The predicted molar refractivity (Wildman–Crippen MR) is 125 cm³/mol. The van der Waals surface area contributed by atoms with Crippen molar-refractivity contribution in [3.8, 4) is 5.75 Å². The van der Waals surface area contributed by atoms with E-state index < -0.39 is 23.3 Å². The molecule has 1 aliphatic heterocycles. The number of carbonyl (C=O) groups is 1. The van der Waals surface area contributed by atoms with Gasteiger partial charge in [0.15, 0.2) is 11.5 Å². The van der Waals surface area contributed by atoms with Gasteiger partial charge >= 0.3 is 12.1 Å². The second kappa shape index (κ2) is 9.29. The third-order valence-electron chi connectivity index (χ3n) is 5.81. The van der Waals surface area contributed by atoms with E-state index in [0.29, 0.717) is 11.3 Å². The molecular formula is C26H26F3O3S+. The van der Waals surface area contributed by atoms with Crippen molar-refractivity contribution in [3.63, 3.8) is 0 Å². The van der Waals surface area contributed by atoms with Crippen LogP contribution in [0.15, 0.2) is 65.6 Å². The molecule has 0 N–H and O–H groups in total. The summed E-state index contributed by atoms with van der Waals surface area (Å²) in [5.41, 5.74) is -1.37. The highest BCUT2D eigenvalue weighted by atomic mass is 32.2. The fraction of sp³-hybridized carbons (Fsp3) is 0.346. The average molecular weight is 476 g/mol. The molecule has 1 saturated heterocycles. The summed E-state index contributed by atoms with van der Waals surface area (Å²) in [6.07, 6.45) is -1.89. The molecule has 0 bridgehead atoms. The van der Waals surface area contributed by atoms with E-state index in [-0.39, 0.29) is 17.5 Å². The monoisotopic (exact) mass is 475 g/mol. The van der Waals surface area contributed by atoms with Gasteiger partial charge in [-0.15, -0.1) is 0 Å². The molecule has 174 valence electrons. The first-order valence-corrected chi connectivity index (χ1v) is 12.4. The van der Waals surface area contributed by atoms with Crippen LogP contribution in [0.25, 0.3) is 10.8 Å². The van der Waals surface area contributed by atoms with E-state index in [0.717, 1.165) is 22.9 Å². The molecule has 4 rings (SSSR count). The number of rotatable bonds is 6. The number of esters is 1. The zero-order valence-electron chi connectivity index (χ0n) is 18.6. The molecule has 0 atom stereocenters. The van der Waals surface area contributed by atoms with E-state index in [1.165, 1.54) is 41.4 Å². The van der Waals surface area contributed by atoms with Crippen molar-refractivity contribution in [2.75, 3.05) is 18.1 Å². The van der Waals surface area contributed by atoms with Gasteiger partial charge in [-0.3, -0.25) is 0 Å². The van der Waals surface area contributed by atoms with Gasteiger partial charge in [-0.25, -0.2) is 4.79 Å². The SMILES string of the molecule is CC(C)(OC(=O)COc1ccc([S+]2CCCC2)c2ccccc12)c1ccc(C(F)(F)F)cc1. The number of carbonyl (C=O) groups excluding carboxylic acids is 1. The molecule has 0 saturated carbocycles. The minimum atomic E-state index is -4.41. The predicted octanol–water partition coefficient (Wildman–Crippen LogP) is 6.49. The highest BCUT2D eigenvalue weighted by molar-refractivity contribution is 7.97. The maximum atomic E-state index is 12.8. The largest absolute Gasteiger partial charge is 0.481 e. The Kier molecular flexibility index (Phi) is 6.61. The van der Waals surface area contributed by atoms with Crippen LogP contribution in [-0.4, -0.2) is 24.1 Å². The number of halogens is 3. The van der Waals surface area contributed by atoms with Crippen LogP contribution in [-0.2, 0) is 32.2 Å². The van der Waals surface area contributed by atoms with Crippen molar-refractivity contribution < 1.29 is 27.4 Å². The molecule has 0 amide bonds. The molecule has 1 heterocycles. The van der Waals surface area contributed by atoms with Gasteiger partial charge in [0, 0.05) is 21.7 Å². The number of hydrogen-bond donors (Lipinski definition) is 0. The summed E-state index contributed by atoms with van der Waals surface area (Å²) < 4.78 is 49.8. The molecule has 0 aliphatic carbocycles. The second-order valence-electron chi connectivity index (χ2n) is 8.56. The second-order valence-corrected chi connectivity index (χ2v) is 10.8. The Morgan fingerprint density at radius 2 is 1.48 bits per heavy atom. The van der Waals surface area contributed by atoms with Crippen molar-refractivity contribution >= 4 is 27.6 Å². The van der Waals surface area contributed by atoms with E-state index in [1.807, 2.05) is 24.3 Å². The number of benzene rings is 3. The number of ether oxygens (including phenoxy) is 2. The van der Waals surface area contributed by atoms with Gasteiger partial charge in [-0.05, 0) is 62.6 Å². The zero-order chi connectivity index (χ0) is 23.6. The smallest absolute Gasteiger partial charge is 0.416 e. The Bertz CT molecular complexity index is 1130. The topological polar surface area (TPSA) is 35.5 Å². The van der Waals surface area contributed by atoms with Crippen LogP contribution >= 0.6 is 0 Å². The van der Waals surface area contributed by atoms with E-state index in [1.54, 1.807) is 13.8 Å². The quantitative estimate of drug-likeness (QED) is 0.302. The van der Waals surface area contributed by atoms with Crippen molar-refractivity contribution in [2.24, 2.45) is 0 Å². The van der Waals surface area contributed by atoms with Crippen molar-refractivity contribution in [1.82, 2.24) is 0 Å². The third kappa shape index (κ3) is 5.29. The standard InChI is InChI=1S/C26H26F3O3S/c1-25(2,18-9-11-19(12-10-18)26(27,28)29)32-24(30)17-31-22-13-14-23(33-15-5-6-16-33)21-8-4-3-7-20(21)22/h3-4,7-14H,5-6,15-17H2,1-2H3/q+1. The third-order valence-corrected chi connectivity index (χ3v) is 8.35. The van der Waals surface area contributed by atoms with Gasteiger partial charge in [0.25, 0.3) is 0 Å².